The third-order valence-electron chi connectivity index (χ3n) is 6.16. The van der Waals surface area contributed by atoms with Gasteiger partial charge in [0.2, 0.25) is 17.7 Å². The van der Waals surface area contributed by atoms with Crippen LogP contribution >= 0.6 is 0 Å². The second-order valence-corrected chi connectivity index (χ2v) is 9.69. The Labute approximate surface area is 215 Å². The minimum Gasteiger partial charge on any atom is -0.508 e. The molecule has 7 N–H and O–H groups in total. The second kappa shape index (κ2) is 13.6. The van der Waals surface area contributed by atoms with Crippen LogP contribution in [0.25, 0.3) is 0 Å². The number of aromatic hydroxyl groups is 1. The van der Waals surface area contributed by atoms with Gasteiger partial charge in [-0.2, -0.15) is 0 Å². The highest BCUT2D eigenvalue weighted by atomic mass is 16.4. The van der Waals surface area contributed by atoms with Gasteiger partial charge in [0.15, 0.2) is 0 Å². The molecule has 1 fully saturated rings. The molecule has 1 aliphatic heterocycles. The maximum Gasteiger partial charge on any atom is 0.326 e. The number of aliphatic carboxylic acids is 2. The Balaban J connectivity index is 2.19. The number of phenols is 1. The van der Waals surface area contributed by atoms with Crippen molar-refractivity contribution in [2.45, 2.75) is 76.5 Å². The van der Waals surface area contributed by atoms with Crippen LogP contribution in [-0.2, 0) is 30.4 Å². The molecule has 1 aromatic carbocycles. The second-order valence-electron chi connectivity index (χ2n) is 9.69. The largest absolute Gasteiger partial charge is 0.508 e. The Hall–Kier alpha value is -3.67. The van der Waals surface area contributed by atoms with E-state index in [-0.39, 0.29) is 43.9 Å². The maximum absolute atomic E-state index is 13.2. The summed E-state index contributed by atoms with van der Waals surface area (Å²) in [7, 11) is 0. The summed E-state index contributed by atoms with van der Waals surface area (Å²) in [6.45, 7) is 3.91. The van der Waals surface area contributed by atoms with Crippen molar-refractivity contribution in [1.29, 1.82) is 0 Å². The van der Waals surface area contributed by atoms with Gasteiger partial charge in [0.25, 0.3) is 0 Å². The van der Waals surface area contributed by atoms with Crippen LogP contribution < -0.4 is 16.4 Å². The third kappa shape index (κ3) is 9.05. The van der Waals surface area contributed by atoms with Crippen molar-refractivity contribution in [2.75, 3.05) is 6.54 Å². The lowest BCUT2D eigenvalue weighted by Crippen LogP contribution is -2.57. The summed E-state index contributed by atoms with van der Waals surface area (Å²) in [5.41, 5.74) is 6.48. The number of carboxylic acids is 2. The Kier molecular flexibility index (Phi) is 10.9. The zero-order valence-corrected chi connectivity index (χ0v) is 21.1. The maximum atomic E-state index is 13.2. The lowest BCUT2D eigenvalue weighted by atomic mass is 10.0. The highest BCUT2D eigenvalue weighted by Crippen LogP contribution is 2.20. The van der Waals surface area contributed by atoms with E-state index in [9.17, 15) is 34.2 Å². The molecule has 12 heteroatoms. The van der Waals surface area contributed by atoms with E-state index in [1.54, 1.807) is 12.1 Å². The quantitative estimate of drug-likeness (QED) is 0.210. The predicted molar refractivity (Wildman–Crippen MR) is 132 cm³/mol. The molecule has 37 heavy (non-hydrogen) atoms. The van der Waals surface area contributed by atoms with E-state index in [0.29, 0.717) is 18.4 Å². The Morgan fingerprint density at radius 2 is 1.70 bits per heavy atom. The first kappa shape index (κ1) is 29.6. The van der Waals surface area contributed by atoms with Crippen LogP contribution in [0.4, 0.5) is 0 Å². The molecule has 0 saturated carbocycles. The first-order valence-electron chi connectivity index (χ1n) is 12.3. The topological polar surface area (TPSA) is 199 Å². The zero-order valence-electron chi connectivity index (χ0n) is 21.1. The third-order valence-corrected chi connectivity index (χ3v) is 6.16. The van der Waals surface area contributed by atoms with Crippen LogP contribution in [0.3, 0.4) is 0 Å². The molecule has 0 radical (unpaired) electrons. The molecule has 1 aliphatic rings. The van der Waals surface area contributed by atoms with Crippen LogP contribution in [-0.4, -0.2) is 80.6 Å². The molecule has 12 nitrogen and oxygen atoms in total. The molecule has 0 spiro atoms. The van der Waals surface area contributed by atoms with Gasteiger partial charge < -0.3 is 36.6 Å². The number of carbonyl (C=O) groups is 5. The van der Waals surface area contributed by atoms with Gasteiger partial charge in [-0.15, -0.1) is 0 Å². The van der Waals surface area contributed by atoms with E-state index in [0.717, 1.165) is 0 Å². The fourth-order valence-electron chi connectivity index (χ4n) is 4.23. The van der Waals surface area contributed by atoms with Gasteiger partial charge in [-0.3, -0.25) is 19.2 Å². The summed E-state index contributed by atoms with van der Waals surface area (Å²) in [4.78, 5) is 63.0. The fraction of sp³-hybridized carbons (Fsp3) is 0.560. The highest BCUT2D eigenvalue weighted by molar-refractivity contribution is 5.94. The van der Waals surface area contributed by atoms with Crippen molar-refractivity contribution >= 4 is 29.7 Å². The molecule has 204 valence electrons. The number of benzene rings is 1. The summed E-state index contributed by atoms with van der Waals surface area (Å²) >= 11 is 0. The standard InChI is InChI=1S/C25H36N4O8/c1-14(2)12-19(25(36)37)28-22(33)18(13-15-5-7-16(30)8-6-15)27-23(34)20-4-3-11-29(20)24(35)17(26)9-10-21(31)32/h5-8,14,17-20,30H,3-4,9-13,26H2,1-2H3,(H,27,34)(H,28,33)(H,31,32)(H,36,37). The van der Waals surface area contributed by atoms with Crippen LogP contribution in [0.15, 0.2) is 24.3 Å². The number of nitrogens with zero attached hydrogens (tertiary/aromatic N) is 1. The average molecular weight is 521 g/mol. The van der Waals surface area contributed by atoms with E-state index in [1.807, 2.05) is 13.8 Å². The normalized spacial score (nSPS) is 17.6. The number of amides is 3. The first-order chi connectivity index (χ1) is 17.4. The molecule has 1 aromatic rings. The van der Waals surface area contributed by atoms with Crippen LogP contribution in [0.2, 0.25) is 0 Å². The molecule has 4 atom stereocenters. The summed E-state index contributed by atoms with van der Waals surface area (Å²) in [5.74, 6) is -4.08. The SMILES string of the molecule is CC(C)CC(NC(=O)C(Cc1ccc(O)cc1)NC(=O)C1CCCN1C(=O)C(N)CCC(=O)O)C(=O)O. The van der Waals surface area contributed by atoms with E-state index in [2.05, 4.69) is 10.6 Å². The number of nitrogens with two attached hydrogens (primary N) is 1. The number of carbonyl (C=O) groups excluding carboxylic acids is 3. The lowest BCUT2D eigenvalue weighted by molar-refractivity contribution is -0.143. The van der Waals surface area contributed by atoms with Crippen LogP contribution in [0, 0.1) is 5.92 Å². The summed E-state index contributed by atoms with van der Waals surface area (Å²) in [6.07, 6.45) is 0.720. The molecule has 4 unspecified atom stereocenters. The van der Waals surface area contributed by atoms with Gasteiger partial charge in [-0.1, -0.05) is 26.0 Å². The monoisotopic (exact) mass is 520 g/mol. The smallest absolute Gasteiger partial charge is 0.326 e. The number of rotatable bonds is 13. The van der Waals surface area contributed by atoms with Crippen molar-refractivity contribution in [1.82, 2.24) is 15.5 Å². The molecule has 0 aromatic heterocycles. The van der Waals surface area contributed by atoms with Gasteiger partial charge >= 0.3 is 11.9 Å². The number of likely N-dealkylation sites (tertiary alicyclic amines) is 1. The van der Waals surface area contributed by atoms with Crippen molar-refractivity contribution < 1.29 is 39.3 Å². The molecule has 0 aliphatic carbocycles. The number of carboxylic acid groups (broad SMARTS) is 2. The zero-order chi connectivity index (χ0) is 27.7. The minimum atomic E-state index is -1.19. The molecular formula is C25H36N4O8. The van der Waals surface area contributed by atoms with Gasteiger partial charge in [0.1, 0.15) is 23.9 Å². The Bertz CT molecular complexity index is 981. The molecule has 2 rings (SSSR count). The summed E-state index contributed by atoms with van der Waals surface area (Å²) < 4.78 is 0. The van der Waals surface area contributed by atoms with Crippen LogP contribution in [0.5, 0.6) is 5.75 Å². The molecule has 0 bridgehead atoms. The van der Waals surface area contributed by atoms with E-state index in [4.69, 9.17) is 10.8 Å². The van der Waals surface area contributed by atoms with E-state index >= 15 is 0 Å². The van der Waals surface area contributed by atoms with Crippen LogP contribution in [0.1, 0.15) is 51.5 Å². The van der Waals surface area contributed by atoms with Crippen molar-refractivity contribution in [3.05, 3.63) is 29.8 Å². The molecular weight excluding hydrogens is 484 g/mol. The summed E-state index contributed by atoms with van der Waals surface area (Å²) in [5, 5.41) is 33.1. The average Bonchev–Trinajstić information content (AvgIpc) is 3.32. The number of hydrogen-bond donors (Lipinski definition) is 6. The van der Waals surface area contributed by atoms with Gasteiger partial charge in [-0.05, 0) is 49.3 Å². The number of hydrogen-bond acceptors (Lipinski definition) is 7. The Morgan fingerprint density at radius 1 is 1.05 bits per heavy atom. The van der Waals surface area contributed by atoms with Crippen molar-refractivity contribution in [3.63, 3.8) is 0 Å². The van der Waals surface area contributed by atoms with E-state index in [1.165, 1.54) is 17.0 Å². The first-order valence-corrected chi connectivity index (χ1v) is 12.3. The fourth-order valence-corrected chi connectivity index (χ4v) is 4.23. The highest BCUT2D eigenvalue weighted by Gasteiger charge is 2.38. The Morgan fingerprint density at radius 3 is 2.27 bits per heavy atom. The van der Waals surface area contributed by atoms with Gasteiger partial charge in [0.05, 0.1) is 6.04 Å². The molecule has 1 saturated heterocycles. The van der Waals surface area contributed by atoms with Crippen molar-refractivity contribution in [3.8, 4) is 5.75 Å². The number of nitrogens with one attached hydrogen (secondary N) is 2. The molecule has 3 amide bonds. The molecule has 1 heterocycles. The van der Waals surface area contributed by atoms with E-state index < -0.39 is 53.8 Å². The van der Waals surface area contributed by atoms with Crippen molar-refractivity contribution in [2.24, 2.45) is 11.7 Å². The minimum absolute atomic E-state index is 0.00469. The lowest BCUT2D eigenvalue weighted by Gasteiger charge is -2.28. The predicted octanol–water partition coefficient (Wildman–Crippen LogP) is 0.218. The summed E-state index contributed by atoms with van der Waals surface area (Å²) in [6, 6.07) is 1.75. The van der Waals surface area contributed by atoms with Gasteiger partial charge in [-0.25, -0.2) is 4.79 Å². The van der Waals surface area contributed by atoms with Gasteiger partial charge in [0, 0.05) is 19.4 Å². The number of phenolic OH excluding ortho intramolecular Hbond substituents is 1.